The Hall–Kier alpha value is -0.920. The monoisotopic (exact) mass is 320 g/mol. The molecule has 0 amide bonds. The van der Waals surface area contributed by atoms with Gasteiger partial charge in [-0.2, -0.15) is 39.5 Å². The zero-order valence-corrected chi connectivity index (χ0v) is 7.85. The van der Waals surface area contributed by atoms with Crippen LogP contribution in [0.2, 0.25) is 0 Å². The molecule has 19 heavy (non-hydrogen) atoms. The van der Waals surface area contributed by atoms with Gasteiger partial charge in [0.2, 0.25) is 0 Å². The van der Waals surface area contributed by atoms with Gasteiger partial charge >= 0.3 is 30.5 Å². The molecule has 0 aromatic heterocycles. The Balaban J connectivity index is 5.28. The average molecular weight is 320 g/mol. The number of rotatable bonds is 4. The summed E-state index contributed by atoms with van der Waals surface area (Å²) in [6, 6.07) is 0. The summed E-state index contributed by atoms with van der Waals surface area (Å²) in [5.74, 6) is -14.7. The summed E-state index contributed by atoms with van der Waals surface area (Å²) < 4.78 is 141. The fourth-order valence-corrected chi connectivity index (χ4v) is 0.513. The third kappa shape index (κ3) is 3.55. The second-order valence-corrected chi connectivity index (χ2v) is 2.78. The van der Waals surface area contributed by atoms with Crippen molar-refractivity contribution in [2.45, 2.75) is 30.5 Å². The summed E-state index contributed by atoms with van der Waals surface area (Å²) in [5.41, 5.74) is 0. The van der Waals surface area contributed by atoms with Crippen molar-refractivity contribution >= 4 is 0 Å². The van der Waals surface area contributed by atoms with E-state index in [4.69, 9.17) is 0 Å². The Bertz CT molecular complexity index is 313. The van der Waals surface area contributed by atoms with Crippen molar-refractivity contribution in [3.8, 4) is 0 Å². The molecule has 0 radical (unpaired) electrons. The highest BCUT2D eigenvalue weighted by atomic mass is 19.4. The van der Waals surface area contributed by atoms with Crippen LogP contribution in [-0.4, -0.2) is 30.5 Å². The minimum absolute atomic E-state index is 1.65. The van der Waals surface area contributed by atoms with Crippen molar-refractivity contribution in [3.05, 3.63) is 0 Å². The lowest BCUT2D eigenvalue weighted by atomic mass is 10.1. The van der Waals surface area contributed by atoms with Crippen LogP contribution >= 0.6 is 0 Å². The first kappa shape index (κ1) is 18.1. The van der Waals surface area contributed by atoms with E-state index in [-0.39, 0.29) is 0 Å². The second kappa shape index (κ2) is 4.57. The Morgan fingerprint density at radius 2 is 0.842 bits per heavy atom. The minimum Gasteiger partial charge on any atom is -0.189 e. The Morgan fingerprint density at radius 1 is 0.474 bits per heavy atom. The maximum absolute atomic E-state index is 12.3. The third-order valence-corrected chi connectivity index (χ3v) is 1.36. The van der Waals surface area contributed by atoms with Crippen molar-refractivity contribution in [2.24, 2.45) is 0 Å². The molecule has 0 aliphatic rings. The Kier molecular flexibility index (Phi) is 4.35. The van der Waals surface area contributed by atoms with Crippen molar-refractivity contribution < 1.29 is 62.5 Å². The number of hydrogen-bond donors (Lipinski definition) is 0. The lowest BCUT2D eigenvalue weighted by Gasteiger charge is -2.32. The van der Waals surface area contributed by atoms with Gasteiger partial charge in [0.05, 0.1) is 0 Å². The lowest BCUT2D eigenvalue weighted by molar-refractivity contribution is -0.583. The normalized spacial score (nSPS) is 15.8. The maximum Gasteiger partial charge on any atom is 0.549 e. The van der Waals surface area contributed by atoms with Gasteiger partial charge in [0, 0.05) is 0 Å². The third-order valence-electron chi connectivity index (χ3n) is 1.36. The van der Waals surface area contributed by atoms with Gasteiger partial charge in [0.1, 0.15) is 0 Å². The molecule has 0 saturated carbocycles. The van der Waals surface area contributed by atoms with Crippen LogP contribution < -0.4 is 0 Å². The molecule has 0 fully saturated rings. The maximum atomic E-state index is 12.3. The summed E-state index contributed by atoms with van der Waals surface area (Å²) in [6.45, 7) is 0. The summed E-state index contributed by atoms with van der Waals surface area (Å²) in [7, 11) is 0. The molecular weight excluding hydrogens is 320 g/mol. The van der Waals surface area contributed by atoms with E-state index in [0.717, 1.165) is 0 Å². The summed E-state index contributed by atoms with van der Waals surface area (Å²) in [5, 5.41) is 0. The van der Waals surface area contributed by atoms with Crippen LogP contribution in [0, 0.1) is 0 Å². The highest BCUT2D eigenvalue weighted by Crippen LogP contribution is 2.53. The van der Waals surface area contributed by atoms with Gasteiger partial charge < -0.3 is 0 Å². The number of alkyl halides is 12. The molecule has 0 aliphatic carbocycles. The van der Waals surface area contributed by atoms with Gasteiger partial charge in [-0.05, 0) is 0 Å². The molecule has 0 atom stereocenters. The fraction of sp³-hybridized carbons (Fsp3) is 1.00. The van der Waals surface area contributed by atoms with E-state index in [1.807, 2.05) is 0 Å². The first-order valence-electron chi connectivity index (χ1n) is 3.59. The van der Waals surface area contributed by atoms with Gasteiger partial charge in [0.25, 0.3) is 0 Å². The predicted molar refractivity (Wildman–Crippen MR) is 29.1 cm³/mol. The van der Waals surface area contributed by atoms with Crippen LogP contribution in [-0.2, 0) is 9.78 Å². The van der Waals surface area contributed by atoms with Crippen molar-refractivity contribution in [1.29, 1.82) is 0 Å². The zero-order chi connectivity index (χ0) is 15.9. The number of halogens is 12. The summed E-state index contributed by atoms with van der Waals surface area (Å²) in [4.78, 5) is 3.31. The molecule has 0 N–H and O–H groups in total. The van der Waals surface area contributed by atoms with Gasteiger partial charge in [0.15, 0.2) is 0 Å². The second-order valence-electron chi connectivity index (χ2n) is 2.78. The molecular formula is C5F12O2. The van der Waals surface area contributed by atoms with Crippen molar-refractivity contribution in [2.75, 3.05) is 0 Å². The van der Waals surface area contributed by atoms with E-state index in [2.05, 4.69) is 0 Å². The zero-order valence-electron chi connectivity index (χ0n) is 7.85. The molecule has 0 rings (SSSR count). The van der Waals surface area contributed by atoms with E-state index in [9.17, 15) is 52.7 Å². The highest BCUT2D eigenvalue weighted by Gasteiger charge is 2.83. The minimum atomic E-state index is -7.36. The van der Waals surface area contributed by atoms with Gasteiger partial charge in [-0.25, -0.2) is 0 Å². The SMILES string of the molecule is FC(F)(F)OOC(F)(F)C(F)(F)C(F)(F)C(F)(F)F. The molecule has 14 heteroatoms. The van der Waals surface area contributed by atoms with E-state index < -0.39 is 30.5 Å². The largest absolute Gasteiger partial charge is 0.549 e. The quantitative estimate of drug-likeness (QED) is 0.445. The van der Waals surface area contributed by atoms with Crippen LogP contribution in [0.25, 0.3) is 0 Å². The van der Waals surface area contributed by atoms with Crippen molar-refractivity contribution in [3.63, 3.8) is 0 Å². The predicted octanol–water partition coefficient (Wildman–Crippen LogP) is 3.88. The van der Waals surface area contributed by atoms with E-state index in [1.54, 1.807) is 9.78 Å². The first-order chi connectivity index (χ1) is 7.96. The molecule has 0 unspecified atom stereocenters. The van der Waals surface area contributed by atoms with E-state index in [1.165, 1.54) is 0 Å². The van der Waals surface area contributed by atoms with Gasteiger partial charge in [-0.1, -0.05) is 0 Å². The van der Waals surface area contributed by atoms with Gasteiger partial charge in [-0.15, -0.1) is 22.9 Å². The van der Waals surface area contributed by atoms with Gasteiger partial charge in [-0.3, -0.25) is 0 Å². The van der Waals surface area contributed by atoms with E-state index >= 15 is 0 Å². The molecule has 2 nitrogen and oxygen atoms in total. The molecule has 0 spiro atoms. The van der Waals surface area contributed by atoms with Crippen LogP contribution in [0.1, 0.15) is 0 Å². The molecule has 0 aromatic rings. The molecule has 0 saturated heterocycles. The smallest absolute Gasteiger partial charge is 0.189 e. The first-order valence-corrected chi connectivity index (χ1v) is 3.59. The Morgan fingerprint density at radius 3 is 1.11 bits per heavy atom. The van der Waals surface area contributed by atoms with Crippen LogP contribution in [0.5, 0.6) is 0 Å². The summed E-state index contributed by atoms with van der Waals surface area (Å²) in [6.07, 6.45) is -20.2. The standard InChI is InChI=1S/C5F12O2/c6-1(7,3(10,11)12)2(8,9)4(13,14)18-19-5(15,16)17. The fourth-order valence-electron chi connectivity index (χ4n) is 0.513. The molecule has 0 aliphatic heterocycles. The topological polar surface area (TPSA) is 18.5 Å². The van der Waals surface area contributed by atoms with Crippen LogP contribution in [0.3, 0.4) is 0 Å². The van der Waals surface area contributed by atoms with Crippen molar-refractivity contribution in [1.82, 2.24) is 0 Å². The summed E-state index contributed by atoms with van der Waals surface area (Å²) >= 11 is 0. The average Bonchev–Trinajstić information content (AvgIpc) is 2.11. The molecule has 116 valence electrons. The highest BCUT2D eigenvalue weighted by molar-refractivity contribution is 4.96. The Labute approximate surface area is 94.3 Å². The van der Waals surface area contributed by atoms with Crippen LogP contribution in [0.15, 0.2) is 0 Å². The lowest BCUT2D eigenvalue weighted by Crippen LogP contribution is -2.61. The van der Waals surface area contributed by atoms with E-state index in [0.29, 0.717) is 0 Å². The molecule has 0 heterocycles. The number of hydrogen-bond acceptors (Lipinski definition) is 2. The van der Waals surface area contributed by atoms with Crippen LogP contribution in [0.4, 0.5) is 52.7 Å². The molecule has 0 bridgehead atoms. The molecule has 0 aromatic carbocycles.